The number of nitrogens with zero attached hydrogens (tertiary/aromatic N) is 1. The predicted molar refractivity (Wildman–Crippen MR) is 108 cm³/mol. The lowest BCUT2D eigenvalue weighted by molar-refractivity contribution is -0.122. The maximum absolute atomic E-state index is 12.3. The van der Waals surface area contributed by atoms with Gasteiger partial charge in [-0.2, -0.15) is 0 Å². The van der Waals surface area contributed by atoms with Crippen LogP contribution in [-0.4, -0.2) is 22.9 Å². The molecule has 2 aromatic carbocycles. The topological polar surface area (TPSA) is 80.3 Å². The lowest BCUT2D eigenvalue weighted by Crippen LogP contribution is -2.34. The summed E-state index contributed by atoms with van der Waals surface area (Å²) < 4.78 is 6.40. The van der Waals surface area contributed by atoms with Crippen molar-refractivity contribution in [3.63, 3.8) is 0 Å². The van der Waals surface area contributed by atoms with Crippen molar-refractivity contribution in [2.75, 3.05) is 10.6 Å². The summed E-state index contributed by atoms with van der Waals surface area (Å²) in [6.07, 6.45) is -0.512. The highest BCUT2D eigenvalue weighted by molar-refractivity contribution is 9.10. The zero-order valence-electron chi connectivity index (χ0n) is 14.2. The van der Waals surface area contributed by atoms with Crippen molar-refractivity contribution in [1.82, 2.24) is 4.98 Å². The van der Waals surface area contributed by atoms with Crippen LogP contribution in [0.15, 0.2) is 52.3 Å². The average molecular weight is 444 g/mol. The molecule has 2 heterocycles. The van der Waals surface area contributed by atoms with Crippen molar-refractivity contribution in [2.24, 2.45) is 0 Å². The molecule has 1 atom stereocenters. The van der Waals surface area contributed by atoms with E-state index in [0.29, 0.717) is 27.8 Å². The van der Waals surface area contributed by atoms with Crippen LogP contribution >= 0.6 is 27.3 Å². The molecular formula is C19H14BrN3O3S. The lowest BCUT2D eigenvalue weighted by atomic mass is 10.1. The Hall–Kier alpha value is -2.71. The first-order valence-electron chi connectivity index (χ1n) is 8.14. The number of nitrogens with one attached hydrogen (secondary N) is 2. The minimum atomic E-state index is -0.512. The van der Waals surface area contributed by atoms with Gasteiger partial charge in [0.1, 0.15) is 5.75 Å². The minimum Gasteiger partial charge on any atom is -0.479 e. The van der Waals surface area contributed by atoms with Crippen molar-refractivity contribution < 1.29 is 14.3 Å². The van der Waals surface area contributed by atoms with Gasteiger partial charge in [0.15, 0.2) is 11.2 Å². The maximum atomic E-state index is 12.3. The third-order valence-electron chi connectivity index (χ3n) is 4.02. The standard InChI is InChI=1S/C19H14BrN3O3S/c1-10-17(24)21-14-8-11(5-6-16(14)26-10)15-9-27-19(22-15)23-18(25)12-3-2-4-13(20)7-12/h2-10H,1H3,(H,21,24)(H,22,23,25). The SMILES string of the molecule is CC1Oc2ccc(-c3csc(NC(=O)c4cccc(Br)c4)n3)cc2NC1=O. The highest BCUT2D eigenvalue weighted by Crippen LogP contribution is 2.35. The number of fused-ring (bicyclic) bond motifs is 1. The number of benzene rings is 2. The fourth-order valence-corrected chi connectivity index (χ4v) is 3.74. The Morgan fingerprint density at radius 3 is 2.96 bits per heavy atom. The highest BCUT2D eigenvalue weighted by Gasteiger charge is 2.24. The van der Waals surface area contributed by atoms with E-state index in [1.54, 1.807) is 31.2 Å². The molecule has 0 aliphatic carbocycles. The van der Waals surface area contributed by atoms with Crippen LogP contribution < -0.4 is 15.4 Å². The smallest absolute Gasteiger partial charge is 0.265 e. The third-order valence-corrected chi connectivity index (χ3v) is 5.27. The van der Waals surface area contributed by atoms with Gasteiger partial charge in [-0.1, -0.05) is 22.0 Å². The van der Waals surface area contributed by atoms with Crippen LogP contribution in [0.3, 0.4) is 0 Å². The molecule has 4 rings (SSSR count). The number of anilines is 2. The summed E-state index contributed by atoms with van der Waals surface area (Å²) in [5.74, 6) is 0.224. The number of halogens is 1. The second-order valence-electron chi connectivity index (χ2n) is 5.96. The Bertz CT molecular complexity index is 1050. The van der Waals surface area contributed by atoms with Crippen molar-refractivity contribution in [3.8, 4) is 17.0 Å². The second kappa shape index (κ2) is 7.13. The molecule has 1 unspecified atom stereocenters. The average Bonchev–Trinajstić information content (AvgIpc) is 3.11. The van der Waals surface area contributed by atoms with Gasteiger partial charge in [0.25, 0.3) is 11.8 Å². The summed E-state index contributed by atoms with van der Waals surface area (Å²) >= 11 is 4.69. The fourth-order valence-electron chi connectivity index (χ4n) is 2.63. The van der Waals surface area contributed by atoms with E-state index in [-0.39, 0.29) is 11.8 Å². The Balaban J connectivity index is 1.54. The van der Waals surface area contributed by atoms with Gasteiger partial charge in [-0.3, -0.25) is 14.9 Å². The number of amides is 2. The number of ether oxygens (including phenoxy) is 1. The van der Waals surface area contributed by atoms with Crippen LogP contribution in [0.1, 0.15) is 17.3 Å². The summed E-state index contributed by atoms with van der Waals surface area (Å²) in [6.45, 7) is 1.70. The molecule has 1 aliphatic heterocycles. The molecule has 1 aromatic heterocycles. The summed E-state index contributed by atoms with van der Waals surface area (Å²) in [7, 11) is 0. The molecule has 3 aromatic rings. The lowest BCUT2D eigenvalue weighted by Gasteiger charge is -2.23. The van der Waals surface area contributed by atoms with Crippen molar-refractivity contribution >= 4 is 49.9 Å². The normalized spacial score (nSPS) is 15.5. The summed E-state index contributed by atoms with van der Waals surface area (Å²) in [5.41, 5.74) is 2.69. The first-order chi connectivity index (χ1) is 13.0. The predicted octanol–water partition coefficient (Wildman–Crippen LogP) is 4.54. The van der Waals surface area contributed by atoms with Gasteiger partial charge >= 0.3 is 0 Å². The molecule has 6 nitrogen and oxygen atoms in total. The van der Waals surface area contributed by atoms with Gasteiger partial charge in [0.05, 0.1) is 11.4 Å². The molecule has 0 fully saturated rings. The summed E-state index contributed by atoms with van der Waals surface area (Å²) in [6, 6.07) is 12.6. The van der Waals surface area contributed by atoms with Gasteiger partial charge < -0.3 is 10.1 Å². The quantitative estimate of drug-likeness (QED) is 0.622. The number of rotatable bonds is 3. The Morgan fingerprint density at radius 1 is 1.30 bits per heavy atom. The molecule has 0 saturated carbocycles. The molecule has 2 N–H and O–H groups in total. The van der Waals surface area contributed by atoms with E-state index in [4.69, 9.17) is 4.74 Å². The Morgan fingerprint density at radius 2 is 2.15 bits per heavy atom. The van der Waals surface area contributed by atoms with Gasteiger partial charge in [-0.05, 0) is 43.3 Å². The first-order valence-corrected chi connectivity index (χ1v) is 9.81. The Labute approximate surface area is 167 Å². The van der Waals surface area contributed by atoms with Crippen molar-refractivity contribution in [1.29, 1.82) is 0 Å². The number of thiazole rings is 1. The van der Waals surface area contributed by atoms with Crippen LogP contribution in [0, 0.1) is 0 Å². The number of hydrogen-bond acceptors (Lipinski definition) is 5. The van der Waals surface area contributed by atoms with Crippen LogP contribution in [0.5, 0.6) is 5.75 Å². The van der Waals surface area contributed by atoms with Crippen LogP contribution in [0.4, 0.5) is 10.8 Å². The monoisotopic (exact) mass is 443 g/mol. The van der Waals surface area contributed by atoms with E-state index >= 15 is 0 Å². The van der Waals surface area contributed by atoms with E-state index < -0.39 is 6.10 Å². The number of carbonyl (C=O) groups is 2. The number of aromatic nitrogens is 1. The van der Waals surface area contributed by atoms with Crippen molar-refractivity contribution in [2.45, 2.75) is 13.0 Å². The number of hydrogen-bond donors (Lipinski definition) is 2. The molecule has 8 heteroatoms. The van der Waals surface area contributed by atoms with Crippen LogP contribution in [0.2, 0.25) is 0 Å². The van der Waals surface area contributed by atoms with Gasteiger partial charge in [-0.25, -0.2) is 4.98 Å². The molecule has 0 saturated heterocycles. The summed E-state index contributed by atoms with van der Waals surface area (Å²) in [5, 5.41) is 7.98. The summed E-state index contributed by atoms with van der Waals surface area (Å²) in [4.78, 5) is 28.6. The van der Waals surface area contributed by atoms with Crippen molar-refractivity contribution in [3.05, 3.63) is 57.9 Å². The Kier molecular flexibility index (Phi) is 4.67. The van der Waals surface area contributed by atoms with Crippen LogP contribution in [0.25, 0.3) is 11.3 Å². The molecule has 0 bridgehead atoms. The van der Waals surface area contributed by atoms with E-state index in [0.717, 1.165) is 10.0 Å². The zero-order chi connectivity index (χ0) is 19.0. The molecule has 2 amide bonds. The van der Waals surface area contributed by atoms with E-state index in [9.17, 15) is 9.59 Å². The van der Waals surface area contributed by atoms with Gasteiger partial charge in [-0.15, -0.1) is 11.3 Å². The second-order valence-corrected chi connectivity index (χ2v) is 7.74. The molecule has 0 radical (unpaired) electrons. The molecule has 27 heavy (non-hydrogen) atoms. The fraction of sp³-hybridized carbons (Fsp3) is 0.105. The largest absolute Gasteiger partial charge is 0.479 e. The third kappa shape index (κ3) is 3.72. The molecule has 1 aliphatic rings. The first kappa shape index (κ1) is 17.7. The molecular weight excluding hydrogens is 430 g/mol. The molecule has 0 spiro atoms. The van der Waals surface area contributed by atoms with E-state index in [1.165, 1.54) is 11.3 Å². The van der Waals surface area contributed by atoms with Crippen LogP contribution in [-0.2, 0) is 4.79 Å². The highest BCUT2D eigenvalue weighted by atomic mass is 79.9. The zero-order valence-corrected chi connectivity index (χ0v) is 16.6. The van der Waals surface area contributed by atoms with Gasteiger partial charge in [0, 0.05) is 21.0 Å². The van der Waals surface area contributed by atoms with Gasteiger partial charge in [0.2, 0.25) is 0 Å². The van der Waals surface area contributed by atoms with E-state index in [1.807, 2.05) is 23.6 Å². The number of carbonyl (C=O) groups excluding carboxylic acids is 2. The van der Waals surface area contributed by atoms with E-state index in [2.05, 4.69) is 31.5 Å². The molecule has 136 valence electrons. The maximum Gasteiger partial charge on any atom is 0.265 e. The minimum absolute atomic E-state index is 0.181.